The van der Waals surface area contributed by atoms with Crippen LogP contribution in [0.15, 0.2) is 72.1 Å². The monoisotopic (exact) mass is 479 g/mol. The molecule has 9 nitrogen and oxygen atoms in total. The number of amides is 2. The Kier molecular flexibility index (Phi) is 6.96. The van der Waals surface area contributed by atoms with Crippen molar-refractivity contribution in [3.8, 4) is 5.69 Å². The second kappa shape index (κ2) is 10.2. The van der Waals surface area contributed by atoms with Crippen LogP contribution in [0.5, 0.6) is 0 Å². The Labute approximate surface area is 198 Å². The Bertz CT molecular complexity index is 1280. The summed E-state index contributed by atoms with van der Waals surface area (Å²) in [6, 6.07) is 15.6. The van der Waals surface area contributed by atoms with Gasteiger partial charge in [-0.2, -0.15) is 0 Å². The average Bonchev–Trinajstić information content (AvgIpc) is 3.23. The lowest BCUT2D eigenvalue weighted by Gasteiger charge is -2.09. The highest BCUT2D eigenvalue weighted by atomic mass is 35.5. The van der Waals surface area contributed by atoms with Gasteiger partial charge in [-0.15, -0.1) is 5.10 Å². The maximum atomic E-state index is 13.1. The zero-order valence-electron chi connectivity index (χ0n) is 17.4. The van der Waals surface area contributed by atoms with Gasteiger partial charge >= 0.3 is 0 Å². The van der Waals surface area contributed by atoms with Crippen LogP contribution in [0, 0.1) is 0 Å². The zero-order chi connectivity index (χ0) is 23.2. The summed E-state index contributed by atoms with van der Waals surface area (Å²) in [5, 5.41) is 15.0. The van der Waals surface area contributed by atoms with Crippen LogP contribution in [0.4, 0.5) is 11.4 Å². The van der Waals surface area contributed by atoms with Crippen molar-refractivity contribution in [1.82, 2.24) is 25.0 Å². The normalized spacial score (nSPS) is 10.6. The van der Waals surface area contributed by atoms with Crippen LogP contribution in [-0.2, 0) is 10.5 Å². The lowest BCUT2D eigenvalue weighted by atomic mass is 10.2. The van der Waals surface area contributed by atoms with Crippen molar-refractivity contribution in [1.29, 1.82) is 0 Å². The molecule has 2 heterocycles. The van der Waals surface area contributed by atoms with Crippen LogP contribution in [0.25, 0.3) is 5.69 Å². The number of nitrogens with one attached hydrogen (secondary N) is 2. The Morgan fingerprint density at radius 3 is 2.39 bits per heavy atom. The topological polar surface area (TPSA) is 115 Å². The summed E-state index contributed by atoms with van der Waals surface area (Å²) in [6.07, 6.45) is 3.31. The average molecular weight is 480 g/mol. The van der Waals surface area contributed by atoms with E-state index in [1.54, 1.807) is 71.7 Å². The summed E-state index contributed by atoms with van der Waals surface area (Å²) in [4.78, 5) is 32.9. The van der Waals surface area contributed by atoms with Crippen molar-refractivity contribution in [3.05, 3.63) is 83.4 Å². The molecule has 0 saturated carbocycles. The summed E-state index contributed by atoms with van der Waals surface area (Å²) >= 11 is 7.37. The van der Waals surface area contributed by atoms with Crippen LogP contribution in [0.3, 0.4) is 0 Å². The smallest absolute Gasteiger partial charge is 0.278 e. The first kappa shape index (κ1) is 22.4. The first-order valence-corrected chi connectivity index (χ1v) is 11.2. The fraction of sp³-hybridized carbons (Fsp3) is 0.0909. The second-order valence-electron chi connectivity index (χ2n) is 6.81. The maximum Gasteiger partial charge on any atom is 0.278 e. The fourth-order valence-electron chi connectivity index (χ4n) is 2.96. The molecule has 0 unspecified atom stereocenters. The molecular weight excluding hydrogens is 462 g/mol. The van der Waals surface area contributed by atoms with Crippen molar-refractivity contribution in [3.63, 3.8) is 0 Å². The van der Waals surface area contributed by atoms with Crippen molar-refractivity contribution < 1.29 is 9.59 Å². The van der Waals surface area contributed by atoms with Gasteiger partial charge in [-0.25, -0.2) is 14.6 Å². The van der Waals surface area contributed by atoms with E-state index in [4.69, 9.17) is 11.6 Å². The third-order valence-corrected chi connectivity index (χ3v) is 5.51. The quantitative estimate of drug-likeness (QED) is 0.301. The molecule has 2 aromatic carbocycles. The molecule has 0 aliphatic heterocycles. The van der Waals surface area contributed by atoms with Crippen LogP contribution < -0.4 is 10.6 Å². The molecule has 2 N–H and O–H groups in total. The van der Waals surface area contributed by atoms with E-state index in [9.17, 15) is 9.59 Å². The first-order chi connectivity index (χ1) is 16.0. The Balaban J connectivity index is 1.63. The molecule has 0 saturated heterocycles. The van der Waals surface area contributed by atoms with Crippen molar-refractivity contribution in [2.45, 2.75) is 17.8 Å². The standard InChI is InChI=1S/C22H18ClN7O2S/c1-14(31)26-16-4-2-5-17(12-16)27-21(32)20-19(13-33-22-24-10-3-11-25-22)30(29-28-20)18-8-6-15(23)7-9-18/h2-12H,13H2,1H3,(H,26,31)(H,27,32). The molecule has 0 bridgehead atoms. The maximum absolute atomic E-state index is 13.1. The number of carbonyl (C=O) groups excluding carboxylic acids is 2. The molecule has 0 aliphatic carbocycles. The Morgan fingerprint density at radius 2 is 1.70 bits per heavy atom. The van der Waals surface area contributed by atoms with Crippen LogP contribution >= 0.6 is 23.4 Å². The summed E-state index contributed by atoms with van der Waals surface area (Å²) in [5.74, 6) is -0.277. The predicted octanol–water partition coefficient (Wildman–Crippen LogP) is 4.21. The summed E-state index contributed by atoms with van der Waals surface area (Å²) in [6.45, 7) is 1.42. The number of hydrogen-bond acceptors (Lipinski definition) is 7. The van der Waals surface area contributed by atoms with E-state index >= 15 is 0 Å². The SMILES string of the molecule is CC(=O)Nc1cccc(NC(=O)c2nnn(-c3ccc(Cl)cc3)c2CSc2ncccn2)c1. The molecule has 33 heavy (non-hydrogen) atoms. The second-order valence-corrected chi connectivity index (χ2v) is 8.19. The molecule has 0 atom stereocenters. The van der Waals surface area contributed by atoms with Gasteiger partial charge in [0.25, 0.3) is 5.91 Å². The highest BCUT2D eigenvalue weighted by Crippen LogP contribution is 2.24. The molecule has 0 fully saturated rings. The number of carbonyl (C=O) groups is 2. The van der Waals surface area contributed by atoms with E-state index in [-0.39, 0.29) is 11.6 Å². The fourth-order valence-corrected chi connectivity index (χ4v) is 3.88. The lowest BCUT2D eigenvalue weighted by molar-refractivity contribution is -0.114. The first-order valence-electron chi connectivity index (χ1n) is 9.79. The molecule has 2 amide bonds. The number of hydrogen-bond donors (Lipinski definition) is 2. The number of thioether (sulfide) groups is 1. The molecule has 4 aromatic rings. The number of anilines is 2. The van der Waals surface area contributed by atoms with E-state index in [2.05, 4.69) is 30.9 Å². The zero-order valence-corrected chi connectivity index (χ0v) is 19.0. The molecule has 4 rings (SSSR count). The van der Waals surface area contributed by atoms with Gasteiger partial charge in [0.1, 0.15) is 0 Å². The molecule has 0 radical (unpaired) electrons. The largest absolute Gasteiger partial charge is 0.326 e. The summed E-state index contributed by atoms with van der Waals surface area (Å²) in [7, 11) is 0. The number of nitrogens with zero attached hydrogens (tertiary/aromatic N) is 5. The molecule has 0 aliphatic rings. The summed E-state index contributed by atoms with van der Waals surface area (Å²) in [5.41, 5.74) is 2.53. The number of halogens is 1. The van der Waals surface area contributed by atoms with Gasteiger partial charge in [-0.05, 0) is 48.5 Å². The van der Waals surface area contributed by atoms with Gasteiger partial charge in [-0.3, -0.25) is 9.59 Å². The minimum Gasteiger partial charge on any atom is -0.326 e. The van der Waals surface area contributed by atoms with Crippen molar-refractivity contribution in [2.24, 2.45) is 0 Å². The van der Waals surface area contributed by atoms with Crippen LogP contribution in [0.2, 0.25) is 5.02 Å². The number of rotatable bonds is 7. The van der Waals surface area contributed by atoms with E-state index in [1.807, 2.05) is 0 Å². The Hall–Kier alpha value is -3.76. The van der Waals surface area contributed by atoms with Gasteiger partial charge in [0.05, 0.1) is 11.4 Å². The third kappa shape index (κ3) is 5.73. The van der Waals surface area contributed by atoms with Crippen molar-refractivity contribution >= 4 is 46.6 Å². The highest BCUT2D eigenvalue weighted by Gasteiger charge is 2.21. The molecule has 11 heteroatoms. The highest BCUT2D eigenvalue weighted by molar-refractivity contribution is 7.98. The predicted molar refractivity (Wildman–Crippen MR) is 127 cm³/mol. The van der Waals surface area contributed by atoms with E-state index in [0.29, 0.717) is 38.7 Å². The molecule has 0 spiro atoms. The van der Waals surface area contributed by atoms with Gasteiger partial charge in [-0.1, -0.05) is 34.6 Å². The van der Waals surface area contributed by atoms with E-state index in [1.165, 1.54) is 18.7 Å². The Morgan fingerprint density at radius 1 is 1.00 bits per heavy atom. The molecule has 2 aromatic heterocycles. The minimum atomic E-state index is -0.431. The van der Waals surface area contributed by atoms with Gasteiger partial charge in [0.2, 0.25) is 5.91 Å². The lowest BCUT2D eigenvalue weighted by Crippen LogP contribution is -2.15. The summed E-state index contributed by atoms with van der Waals surface area (Å²) < 4.78 is 1.59. The third-order valence-electron chi connectivity index (χ3n) is 4.37. The number of benzene rings is 2. The molecular formula is C22H18ClN7O2S. The van der Waals surface area contributed by atoms with Gasteiger partial charge < -0.3 is 10.6 Å². The van der Waals surface area contributed by atoms with Crippen molar-refractivity contribution in [2.75, 3.05) is 10.6 Å². The molecule has 166 valence electrons. The van der Waals surface area contributed by atoms with E-state index < -0.39 is 5.91 Å². The minimum absolute atomic E-state index is 0.165. The van der Waals surface area contributed by atoms with Crippen LogP contribution in [0.1, 0.15) is 23.1 Å². The van der Waals surface area contributed by atoms with Gasteiger partial charge in [0, 0.05) is 41.5 Å². The van der Waals surface area contributed by atoms with E-state index in [0.717, 1.165) is 0 Å². The van der Waals surface area contributed by atoms with Crippen LogP contribution in [-0.4, -0.2) is 36.8 Å². The number of aromatic nitrogens is 5. The van der Waals surface area contributed by atoms with Gasteiger partial charge in [0.15, 0.2) is 10.9 Å².